The molecule has 0 bridgehead atoms. The first-order valence-corrected chi connectivity index (χ1v) is 11.2. The molecular formula is C21H41N7O5. The number of carbonyl (C=O) groups is 4. The van der Waals surface area contributed by atoms with Crippen LogP contribution < -0.4 is 33.2 Å². The van der Waals surface area contributed by atoms with Gasteiger partial charge in [-0.05, 0) is 38.0 Å². The Morgan fingerprint density at radius 1 is 0.909 bits per heavy atom. The van der Waals surface area contributed by atoms with E-state index in [-0.39, 0.29) is 30.8 Å². The molecule has 12 heteroatoms. The maximum absolute atomic E-state index is 13.0. The van der Waals surface area contributed by atoms with Crippen LogP contribution in [0.5, 0.6) is 0 Å². The third-order valence-electron chi connectivity index (χ3n) is 5.11. The van der Waals surface area contributed by atoms with Crippen LogP contribution in [0.4, 0.5) is 0 Å². The summed E-state index contributed by atoms with van der Waals surface area (Å²) in [6.45, 7) is 9.04. The summed E-state index contributed by atoms with van der Waals surface area (Å²) >= 11 is 0. The van der Waals surface area contributed by atoms with Crippen LogP contribution in [0.15, 0.2) is 4.99 Å². The SMILES string of the molecule is CCC(C)C(NC(=O)C(CCCN=C(N)N)NC(=O)C(CC(C)C)NC(=O)C(C)N)C(=O)O. The monoisotopic (exact) mass is 471 g/mol. The Bertz CT molecular complexity index is 692. The van der Waals surface area contributed by atoms with Crippen LogP contribution in [0.2, 0.25) is 0 Å². The molecule has 5 unspecified atom stereocenters. The van der Waals surface area contributed by atoms with Gasteiger partial charge in [-0.25, -0.2) is 4.79 Å². The average molecular weight is 472 g/mol. The molecule has 0 rings (SSSR count). The molecule has 0 radical (unpaired) electrons. The van der Waals surface area contributed by atoms with Crippen LogP contribution in [0.1, 0.15) is 60.3 Å². The van der Waals surface area contributed by atoms with Gasteiger partial charge in [0.2, 0.25) is 17.7 Å². The fourth-order valence-corrected chi connectivity index (χ4v) is 2.99. The van der Waals surface area contributed by atoms with Crippen molar-refractivity contribution in [3.8, 4) is 0 Å². The number of carboxylic acid groups (broad SMARTS) is 1. The quantitative estimate of drug-likeness (QED) is 0.0892. The van der Waals surface area contributed by atoms with Crippen molar-refractivity contribution in [1.29, 1.82) is 0 Å². The maximum atomic E-state index is 13.0. The summed E-state index contributed by atoms with van der Waals surface area (Å²) in [6, 6.07) is -3.86. The number of rotatable bonds is 15. The van der Waals surface area contributed by atoms with E-state index in [9.17, 15) is 24.3 Å². The first-order valence-electron chi connectivity index (χ1n) is 11.2. The summed E-state index contributed by atoms with van der Waals surface area (Å²) in [4.78, 5) is 53.5. The molecule has 0 fully saturated rings. The second-order valence-electron chi connectivity index (χ2n) is 8.70. The van der Waals surface area contributed by atoms with Gasteiger partial charge in [-0.1, -0.05) is 34.1 Å². The largest absolute Gasteiger partial charge is 0.480 e. The molecule has 3 amide bonds. The van der Waals surface area contributed by atoms with Gasteiger partial charge in [-0.3, -0.25) is 19.4 Å². The van der Waals surface area contributed by atoms with Crippen molar-refractivity contribution < 1.29 is 24.3 Å². The van der Waals surface area contributed by atoms with E-state index in [2.05, 4.69) is 20.9 Å². The smallest absolute Gasteiger partial charge is 0.326 e. The Kier molecular flexibility index (Phi) is 13.7. The molecule has 190 valence electrons. The Labute approximate surface area is 195 Å². The van der Waals surface area contributed by atoms with Crippen LogP contribution in [-0.2, 0) is 19.2 Å². The van der Waals surface area contributed by atoms with Crippen molar-refractivity contribution >= 4 is 29.7 Å². The number of guanidine groups is 1. The highest BCUT2D eigenvalue weighted by Crippen LogP contribution is 2.10. The van der Waals surface area contributed by atoms with Crippen LogP contribution in [0.3, 0.4) is 0 Å². The first-order chi connectivity index (χ1) is 15.3. The molecule has 0 saturated heterocycles. The van der Waals surface area contributed by atoms with E-state index in [0.29, 0.717) is 19.3 Å². The molecule has 0 heterocycles. The van der Waals surface area contributed by atoms with E-state index in [1.807, 2.05) is 20.8 Å². The molecule has 33 heavy (non-hydrogen) atoms. The molecule has 0 aromatic carbocycles. The number of aliphatic carboxylic acids is 1. The van der Waals surface area contributed by atoms with Crippen LogP contribution in [0, 0.1) is 11.8 Å². The van der Waals surface area contributed by atoms with Gasteiger partial charge in [0.1, 0.15) is 18.1 Å². The highest BCUT2D eigenvalue weighted by atomic mass is 16.4. The minimum Gasteiger partial charge on any atom is -0.480 e. The minimum atomic E-state index is -1.16. The zero-order valence-electron chi connectivity index (χ0n) is 20.3. The summed E-state index contributed by atoms with van der Waals surface area (Å²) in [5.41, 5.74) is 16.2. The predicted octanol–water partition coefficient (Wildman–Crippen LogP) is -0.982. The second-order valence-corrected chi connectivity index (χ2v) is 8.70. The standard InChI is InChI=1S/C21H41N7O5/c1-6-12(4)16(20(32)33)28-18(30)14(8-7-9-25-21(23)24)26-19(31)15(10-11(2)3)27-17(29)13(5)22/h11-16H,6-10,22H2,1-5H3,(H,26,31)(H,27,29)(H,28,30)(H,32,33)(H4,23,24,25). The number of aliphatic imine (C=N–C) groups is 1. The number of nitrogens with two attached hydrogens (primary N) is 3. The van der Waals surface area contributed by atoms with E-state index >= 15 is 0 Å². The summed E-state index contributed by atoms with van der Waals surface area (Å²) in [5, 5.41) is 17.3. The Balaban J connectivity index is 5.60. The second kappa shape index (κ2) is 15.0. The van der Waals surface area contributed by atoms with E-state index in [1.165, 1.54) is 6.92 Å². The number of nitrogens with one attached hydrogen (secondary N) is 3. The Hall–Kier alpha value is -2.89. The fraction of sp³-hybridized carbons (Fsp3) is 0.762. The van der Waals surface area contributed by atoms with Gasteiger partial charge in [0.25, 0.3) is 0 Å². The van der Waals surface area contributed by atoms with Gasteiger partial charge in [-0.2, -0.15) is 0 Å². The zero-order chi connectivity index (χ0) is 25.7. The average Bonchev–Trinajstić information content (AvgIpc) is 2.71. The van der Waals surface area contributed by atoms with E-state index in [0.717, 1.165) is 0 Å². The van der Waals surface area contributed by atoms with Crippen LogP contribution >= 0.6 is 0 Å². The molecular weight excluding hydrogens is 430 g/mol. The summed E-state index contributed by atoms with van der Waals surface area (Å²) in [5.74, 6) is -3.19. The van der Waals surface area contributed by atoms with Crippen molar-refractivity contribution in [3.63, 3.8) is 0 Å². The fourth-order valence-electron chi connectivity index (χ4n) is 2.99. The number of carbonyl (C=O) groups excluding carboxylic acids is 3. The van der Waals surface area contributed by atoms with Gasteiger partial charge in [-0.15, -0.1) is 0 Å². The van der Waals surface area contributed by atoms with Crippen molar-refractivity contribution in [2.45, 2.75) is 84.5 Å². The van der Waals surface area contributed by atoms with Crippen molar-refractivity contribution in [2.24, 2.45) is 34.0 Å². The Morgan fingerprint density at radius 3 is 1.91 bits per heavy atom. The molecule has 5 atom stereocenters. The minimum absolute atomic E-state index is 0.0741. The number of amides is 3. The molecule has 12 nitrogen and oxygen atoms in total. The lowest BCUT2D eigenvalue weighted by atomic mass is 9.98. The van der Waals surface area contributed by atoms with Crippen molar-refractivity contribution in [1.82, 2.24) is 16.0 Å². The molecule has 0 aliphatic carbocycles. The highest BCUT2D eigenvalue weighted by Gasteiger charge is 2.31. The lowest BCUT2D eigenvalue weighted by Crippen LogP contribution is -2.57. The van der Waals surface area contributed by atoms with Crippen molar-refractivity contribution in [3.05, 3.63) is 0 Å². The van der Waals surface area contributed by atoms with Crippen LogP contribution in [0.25, 0.3) is 0 Å². The highest BCUT2D eigenvalue weighted by molar-refractivity contribution is 5.94. The third kappa shape index (κ3) is 12.1. The first kappa shape index (κ1) is 30.1. The normalized spacial score (nSPS) is 15.5. The summed E-state index contributed by atoms with van der Waals surface area (Å²) in [7, 11) is 0. The molecule has 0 saturated carbocycles. The molecule has 0 aliphatic rings. The van der Waals surface area contributed by atoms with E-state index < -0.39 is 47.9 Å². The number of nitrogens with zero attached hydrogens (tertiary/aromatic N) is 1. The summed E-state index contributed by atoms with van der Waals surface area (Å²) < 4.78 is 0. The molecule has 0 aliphatic heterocycles. The van der Waals surface area contributed by atoms with Gasteiger partial charge in [0.15, 0.2) is 5.96 Å². The van der Waals surface area contributed by atoms with Gasteiger partial charge in [0, 0.05) is 6.54 Å². The van der Waals surface area contributed by atoms with Crippen molar-refractivity contribution in [2.75, 3.05) is 6.54 Å². The van der Waals surface area contributed by atoms with Crippen LogP contribution in [-0.4, -0.2) is 65.5 Å². The molecule has 0 aromatic heterocycles. The number of hydrogen-bond donors (Lipinski definition) is 7. The van der Waals surface area contributed by atoms with Gasteiger partial charge in [0.05, 0.1) is 6.04 Å². The van der Waals surface area contributed by atoms with E-state index in [1.54, 1.807) is 6.92 Å². The lowest BCUT2D eigenvalue weighted by Gasteiger charge is -2.27. The Morgan fingerprint density at radius 2 is 1.45 bits per heavy atom. The third-order valence-corrected chi connectivity index (χ3v) is 5.11. The maximum Gasteiger partial charge on any atom is 0.326 e. The zero-order valence-corrected chi connectivity index (χ0v) is 20.3. The summed E-state index contributed by atoms with van der Waals surface area (Å²) in [6.07, 6.45) is 1.39. The number of hydrogen-bond acceptors (Lipinski definition) is 6. The number of carboxylic acids is 1. The predicted molar refractivity (Wildman–Crippen MR) is 126 cm³/mol. The van der Waals surface area contributed by atoms with Gasteiger partial charge >= 0.3 is 5.97 Å². The topological polar surface area (TPSA) is 215 Å². The molecule has 10 N–H and O–H groups in total. The molecule has 0 spiro atoms. The lowest BCUT2D eigenvalue weighted by molar-refractivity contribution is -0.144. The van der Waals surface area contributed by atoms with Gasteiger partial charge < -0.3 is 38.3 Å². The van der Waals surface area contributed by atoms with E-state index in [4.69, 9.17) is 17.2 Å². The molecule has 0 aromatic rings.